The molecule has 0 aliphatic heterocycles. The van der Waals surface area contributed by atoms with Crippen molar-refractivity contribution in [2.24, 2.45) is 0 Å². The van der Waals surface area contributed by atoms with Crippen molar-refractivity contribution < 1.29 is 4.74 Å². The quantitative estimate of drug-likeness (QED) is 0.720. The highest BCUT2D eigenvalue weighted by molar-refractivity contribution is 6.31. The third kappa shape index (κ3) is 3.12. The summed E-state index contributed by atoms with van der Waals surface area (Å²) in [6.45, 7) is 0. The van der Waals surface area contributed by atoms with Crippen LogP contribution in [0.1, 0.15) is 17.2 Å². The number of hydrogen-bond donors (Lipinski definition) is 0. The average Bonchev–Trinajstić information content (AvgIpc) is 3.08. The maximum absolute atomic E-state index is 6.30. The van der Waals surface area contributed by atoms with Crippen LogP contribution in [-0.4, -0.2) is 21.9 Å². The zero-order valence-electron chi connectivity index (χ0n) is 12.2. The summed E-state index contributed by atoms with van der Waals surface area (Å²) in [7, 11) is 1.66. The number of aromatic nitrogens is 3. The molecule has 0 aliphatic carbocycles. The third-order valence-electron chi connectivity index (χ3n) is 3.63. The van der Waals surface area contributed by atoms with E-state index >= 15 is 0 Å². The molecule has 0 aliphatic rings. The molecule has 0 spiro atoms. The summed E-state index contributed by atoms with van der Waals surface area (Å²) in [6, 6.07) is 15.9. The van der Waals surface area contributed by atoms with E-state index < -0.39 is 0 Å². The van der Waals surface area contributed by atoms with Crippen LogP contribution in [-0.2, 0) is 6.42 Å². The van der Waals surface area contributed by atoms with Crippen LogP contribution in [0, 0.1) is 0 Å². The van der Waals surface area contributed by atoms with Crippen molar-refractivity contribution in [3.8, 4) is 5.75 Å². The third-order valence-corrected chi connectivity index (χ3v) is 4.00. The first kappa shape index (κ1) is 14.6. The number of ether oxygens (including phenoxy) is 1. The van der Waals surface area contributed by atoms with E-state index in [9.17, 15) is 0 Å². The first-order valence-electron chi connectivity index (χ1n) is 6.99. The monoisotopic (exact) mass is 313 g/mol. The van der Waals surface area contributed by atoms with Crippen LogP contribution in [0.5, 0.6) is 5.75 Å². The predicted molar refractivity (Wildman–Crippen MR) is 86.3 cm³/mol. The first-order valence-corrected chi connectivity index (χ1v) is 7.37. The molecule has 2 aromatic carbocycles. The standard InChI is InChI=1S/C17H16ClN3O/c1-22-15-8-6-13(7-9-15)17(21-12-19-11-20-21)10-14-4-2-3-5-16(14)18/h2-9,11-12,17H,10H2,1H3/t17-/m0/s1. The highest BCUT2D eigenvalue weighted by Gasteiger charge is 2.16. The fraction of sp³-hybridized carbons (Fsp3) is 0.176. The van der Waals surface area contributed by atoms with Crippen molar-refractivity contribution in [2.75, 3.05) is 7.11 Å². The minimum Gasteiger partial charge on any atom is -0.497 e. The molecule has 0 N–H and O–H groups in total. The fourth-order valence-electron chi connectivity index (χ4n) is 2.44. The van der Waals surface area contributed by atoms with Gasteiger partial charge in [-0.1, -0.05) is 41.9 Å². The zero-order valence-corrected chi connectivity index (χ0v) is 12.9. The lowest BCUT2D eigenvalue weighted by Gasteiger charge is -2.18. The lowest BCUT2D eigenvalue weighted by atomic mass is 9.99. The molecule has 0 saturated heterocycles. The lowest BCUT2D eigenvalue weighted by molar-refractivity contribution is 0.414. The van der Waals surface area contributed by atoms with Gasteiger partial charge in [0.25, 0.3) is 0 Å². The molecule has 5 heteroatoms. The van der Waals surface area contributed by atoms with Gasteiger partial charge >= 0.3 is 0 Å². The minimum absolute atomic E-state index is 0.0355. The normalized spacial score (nSPS) is 12.1. The van der Waals surface area contributed by atoms with Gasteiger partial charge in [-0.3, -0.25) is 0 Å². The molecule has 22 heavy (non-hydrogen) atoms. The van der Waals surface area contributed by atoms with Crippen LogP contribution >= 0.6 is 11.6 Å². The molecule has 0 bridgehead atoms. The Bertz CT molecular complexity index is 726. The Hall–Kier alpha value is -2.33. The van der Waals surface area contributed by atoms with Gasteiger partial charge in [-0.25, -0.2) is 9.67 Å². The van der Waals surface area contributed by atoms with Gasteiger partial charge in [0.05, 0.1) is 13.2 Å². The Balaban J connectivity index is 1.95. The largest absolute Gasteiger partial charge is 0.497 e. The topological polar surface area (TPSA) is 39.9 Å². The van der Waals surface area contributed by atoms with E-state index in [0.717, 1.165) is 28.3 Å². The van der Waals surface area contributed by atoms with Crippen molar-refractivity contribution in [3.63, 3.8) is 0 Å². The van der Waals surface area contributed by atoms with E-state index in [1.807, 2.05) is 53.2 Å². The van der Waals surface area contributed by atoms with E-state index in [0.29, 0.717) is 0 Å². The molecule has 0 fully saturated rings. The molecule has 3 aromatic rings. The molecule has 0 saturated carbocycles. The zero-order chi connectivity index (χ0) is 15.4. The minimum atomic E-state index is 0.0355. The number of benzene rings is 2. The maximum Gasteiger partial charge on any atom is 0.137 e. The van der Waals surface area contributed by atoms with Crippen LogP contribution in [0.4, 0.5) is 0 Å². The summed E-state index contributed by atoms with van der Waals surface area (Å²) in [5.41, 5.74) is 2.21. The fourth-order valence-corrected chi connectivity index (χ4v) is 2.65. The Morgan fingerprint density at radius 2 is 1.91 bits per heavy atom. The van der Waals surface area contributed by atoms with Gasteiger partial charge in [-0.2, -0.15) is 5.10 Å². The molecule has 1 atom stereocenters. The van der Waals surface area contributed by atoms with Crippen molar-refractivity contribution in [1.82, 2.24) is 14.8 Å². The summed E-state index contributed by atoms with van der Waals surface area (Å²) in [4.78, 5) is 4.06. The number of hydrogen-bond acceptors (Lipinski definition) is 3. The second-order valence-corrected chi connectivity index (χ2v) is 5.37. The molecule has 0 radical (unpaired) electrons. The summed E-state index contributed by atoms with van der Waals surface area (Å²) in [6.07, 6.45) is 4.02. The molecule has 112 valence electrons. The number of methoxy groups -OCH3 is 1. The Kier molecular flexibility index (Phi) is 4.39. The van der Waals surface area contributed by atoms with Gasteiger partial charge in [0.2, 0.25) is 0 Å². The van der Waals surface area contributed by atoms with Gasteiger partial charge in [-0.05, 0) is 29.3 Å². The lowest BCUT2D eigenvalue weighted by Crippen LogP contribution is -2.14. The molecular formula is C17H16ClN3O. The van der Waals surface area contributed by atoms with Gasteiger partial charge in [0.1, 0.15) is 18.4 Å². The summed E-state index contributed by atoms with van der Waals surface area (Å²) >= 11 is 6.30. The predicted octanol–water partition coefficient (Wildman–Crippen LogP) is 3.77. The van der Waals surface area contributed by atoms with Crippen LogP contribution in [0.2, 0.25) is 5.02 Å². The smallest absolute Gasteiger partial charge is 0.137 e. The number of halogens is 1. The molecule has 1 aromatic heterocycles. The second kappa shape index (κ2) is 6.62. The van der Waals surface area contributed by atoms with E-state index in [2.05, 4.69) is 10.1 Å². The summed E-state index contributed by atoms with van der Waals surface area (Å²) in [5.74, 6) is 0.832. The van der Waals surface area contributed by atoms with Crippen LogP contribution < -0.4 is 4.74 Å². The average molecular weight is 314 g/mol. The van der Waals surface area contributed by atoms with E-state index in [1.54, 1.807) is 19.8 Å². The first-order chi connectivity index (χ1) is 10.8. The van der Waals surface area contributed by atoms with Crippen molar-refractivity contribution in [2.45, 2.75) is 12.5 Å². The van der Waals surface area contributed by atoms with Gasteiger partial charge < -0.3 is 4.74 Å². The number of rotatable bonds is 5. The van der Waals surface area contributed by atoms with Gasteiger partial charge in [0, 0.05) is 11.4 Å². The van der Waals surface area contributed by atoms with E-state index in [-0.39, 0.29) is 6.04 Å². The van der Waals surface area contributed by atoms with E-state index in [1.165, 1.54) is 0 Å². The van der Waals surface area contributed by atoms with Crippen molar-refractivity contribution in [3.05, 3.63) is 77.3 Å². The van der Waals surface area contributed by atoms with Crippen molar-refractivity contribution in [1.29, 1.82) is 0 Å². The van der Waals surface area contributed by atoms with E-state index in [4.69, 9.17) is 16.3 Å². The summed E-state index contributed by atoms with van der Waals surface area (Å²) < 4.78 is 7.07. The van der Waals surface area contributed by atoms with Crippen molar-refractivity contribution >= 4 is 11.6 Å². The Morgan fingerprint density at radius 1 is 1.14 bits per heavy atom. The molecule has 0 amide bonds. The van der Waals surface area contributed by atoms with Gasteiger partial charge in [0.15, 0.2) is 0 Å². The molecular weight excluding hydrogens is 298 g/mol. The van der Waals surface area contributed by atoms with Gasteiger partial charge in [-0.15, -0.1) is 0 Å². The molecule has 4 nitrogen and oxygen atoms in total. The Morgan fingerprint density at radius 3 is 2.55 bits per heavy atom. The molecule has 3 rings (SSSR count). The second-order valence-electron chi connectivity index (χ2n) is 4.96. The maximum atomic E-state index is 6.30. The van der Waals surface area contributed by atoms with Crippen LogP contribution in [0.15, 0.2) is 61.2 Å². The van der Waals surface area contributed by atoms with Crippen LogP contribution in [0.3, 0.4) is 0 Å². The summed E-state index contributed by atoms with van der Waals surface area (Å²) in [5, 5.41) is 5.06. The highest BCUT2D eigenvalue weighted by Crippen LogP contribution is 2.27. The highest BCUT2D eigenvalue weighted by atomic mass is 35.5. The molecule has 1 heterocycles. The molecule has 0 unspecified atom stereocenters. The SMILES string of the molecule is COc1ccc([C@H](Cc2ccccc2Cl)n2cncn2)cc1. The number of nitrogens with zero attached hydrogens (tertiary/aromatic N) is 3. The Labute approximate surface area is 134 Å². The van der Waals surface area contributed by atoms with Crippen LogP contribution in [0.25, 0.3) is 0 Å².